The van der Waals surface area contributed by atoms with E-state index in [2.05, 4.69) is 15.1 Å². The third-order valence-corrected chi connectivity index (χ3v) is 3.62. The number of β-amino-alcohol motifs (C(OH)–C–C–N with tert-alkyl or cyclic N) is 1. The number of carbonyl (C=O) groups excluding carboxylic acids is 1. The minimum atomic E-state index is -0.573. The van der Waals surface area contributed by atoms with Crippen molar-refractivity contribution in [3.8, 4) is 0 Å². The molecule has 2 aromatic rings. The van der Waals surface area contributed by atoms with Crippen molar-refractivity contribution in [2.45, 2.75) is 19.4 Å². The van der Waals surface area contributed by atoms with Crippen LogP contribution in [0.25, 0.3) is 0 Å². The van der Waals surface area contributed by atoms with Crippen LogP contribution in [0.3, 0.4) is 0 Å². The fourth-order valence-corrected chi connectivity index (χ4v) is 2.56. The fraction of sp³-hybridized carbons (Fsp3) is 0.429. The second-order valence-corrected chi connectivity index (χ2v) is 5.27. The maximum atomic E-state index is 12.3. The number of hydrogen-bond donors (Lipinski definition) is 1. The molecule has 7 nitrogen and oxygen atoms in total. The minimum Gasteiger partial charge on any atom is -0.391 e. The van der Waals surface area contributed by atoms with Gasteiger partial charge in [0.2, 0.25) is 0 Å². The normalized spacial score (nSPS) is 21.7. The molecule has 21 heavy (non-hydrogen) atoms. The Kier molecular flexibility index (Phi) is 3.66. The van der Waals surface area contributed by atoms with Gasteiger partial charge in [0, 0.05) is 43.9 Å². The van der Waals surface area contributed by atoms with Crippen LogP contribution < -0.4 is 0 Å². The van der Waals surface area contributed by atoms with Gasteiger partial charge in [-0.2, -0.15) is 0 Å². The van der Waals surface area contributed by atoms with E-state index in [9.17, 15) is 9.90 Å². The molecule has 0 aromatic carbocycles. The number of aromatic nitrogens is 3. The second-order valence-electron chi connectivity index (χ2n) is 5.27. The summed E-state index contributed by atoms with van der Waals surface area (Å²) in [6.07, 6.45) is 4.42. The summed E-state index contributed by atoms with van der Waals surface area (Å²) in [5.41, 5.74) is 1.10. The number of nitrogens with zero attached hydrogens (tertiary/aromatic N) is 4. The van der Waals surface area contributed by atoms with Crippen LogP contribution in [0.2, 0.25) is 0 Å². The number of rotatable bonds is 3. The Morgan fingerprint density at radius 3 is 3.00 bits per heavy atom. The third-order valence-electron chi connectivity index (χ3n) is 3.62. The SMILES string of the molecule is Cc1cc(C[C@@H]2CN(C(=O)c3cnccn3)C[C@@H]2O)on1. The molecule has 3 rings (SSSR count). The number of hydrogen-bond acceptors (Lipinski definition) is 6. The third kappa shape index (κ3) is 2.92. The van der Waals surface area contributed by atoms with Crippen LogP contribution in [0.1, 0.15) is 21.9 Å². The molecule has 0 saturated carbocycles. The summed E-state index contributed by atoms with van der Waals surface area (Å²) >= 11 is 0. The predicted octanol–water partition coefficient (Wildman–Crippen LogP) is 0.449. The monoisotopic (exact) mass is 288 g/mol. The van der Waals surface area contributed by atoms with Gasteiger partial charge < -0.3 is 14.5 Å². The zero-order valence-corrected chi connectivity index (χ0v) is 11.6. The largest absolute Gasteiger partial charge is 0.391 e. The average molecular weight is 288 g/mol. The Bertz CT molecular complexity index is 628. The Labute approximate surface area is 121 Å². The molecule has 0 spiro atoms. The van der Waals surface area contributed by atoms with Crippen LogP contribution in [-0.4, -0.2) is 50.2 Å². The van der Waals surface area contributed by atoms with E-state index in [1.165, 1.54) is 18.6 Å². The van der Waals surface area contributed by atoms with E-state index in [-0.39, 0.29) is 11.8 Å². The fourth-order valence-electron chi connectivity index (χ4n) is 2.56. The molecule has 1 aliphatic heterocycles. The molecule has 110 valence electrons. The van der Waals surface area contributed by atoms with Gasteiger partial charge in [-0.3, -0.25) is 9.78 Å². The highest BCUT2D eigenvalue weighted by atomic mass is 16.5. The maximum Gasteiger partial charge on any atom is 0.274 e. The molecule has 2 atom stereocenters. The smallest absolute Gasteiger partial charge is 0.274 e. The van der Waals surface area contributed by atoms with Crippen LogP contribution in [0.5, 0.6) is 0 Å². The molecule has 0 radical (unpaired) electrons. The lowest BCUT2D eigenvalue weighted by Crippen LogP contribution is -2.30. The van der Waals surface area contributed by atoms with Gasteiger partial charge in [-0.25, -0.2) is 4.98 Å². The molecule has 1 saturated heterocycles. The molecule has 0 unspecified atom stereocenters. The molecule has 1 amide bonds. The molecule has 0 bridgehead atoms. The quantitative estimate of drug-likeness (QED) is 0.881. The van der Waals surface area contributed by atoms with Crippen molar-refractivity contribution < 1.29 is 14.4 Å². The van der Waals surface area contributed by atoms with E-state index >= 15 is 0 Å². The highest BCUT2D eigenvalue weighted by molar-refractivity contribution is 5.92. The van der Waals surface area contributed by atoms with Crippen molar-refractivity contribution >= 4 is 5.91 Å². The summed E-state index contributed by atoms with van der Waals surface area (Å²) in [5, 5.41) is 14.0. The van der Waals surface area contributed by atoms with Gasteiger partial charge in [0.1, 0.15) is 11.5 Å². The molecule has 0 aliphatic carbocycles. The highest BCUT2D eigenvalue weighted by Crippen LogP contribution is 2.23. The highest BCUT2D eigenvalue weighted by Gasteiger charge is 2.35. The van der Waals surface area contributed by atoms with Gasteiger partial charge in [-0.15, -0.1) is 0 Å². The van der Waals surface area contributed by atoms with Crippen molar-refractivity contribution in [2.24, 2.45) is 5.92 Å². The van der Waals surface area contributed by atoms with Crippen LogP contribution in [0.15, 0.2) is 29.2 Å². The lowest BCUT2D eigenvalue weighted by molar-refractivity contribution is 0.0758. The predicted molar refractivity (Wildman–Crippen MR) is 72.4 cm³/mol. The Hall–Kier alpha value is -2.28. The zero-order valence-electron chi connectivity index (χ0n) is 11.6. The first-order valence-corrected chi connectivity index (χ1v) is 6.79. The lowest BCUT2D eigenvalue weighted by atomic mass is 10.0. The van der Waals surface area contributed by atoms with Gasteiger partial charge in [-0.05, 0) is 6.92 Å². The Balaban J connectivity index is 1.67. The van der Waals surface area contributed by atoms with Gasteiger partial charge in [-0.1, -0.05) is 5.16 Å². The van der Waals surface area contributed by atoms with Crippen LogP contribution >= 0.6 is 0 Å². The first kappa shape index (κ1) is 13.7. The summed E-state index contributed by atoms with van der Waals surface area (Å²) in [5.74, 6) is 0.460. The van der Waals surface area contributed by atoms with Gasteiger partial charge >= 0.3 is 0 Å². The molecule has 1 N–H and O–H groups in total. The minimum absolute atomic E-state index is 0.0574. The number of aliphatic hydroxyl groups excluding tert-OH is 1. The molecule has 1 fully saturated rings. The first-order chi connectivity index (χ1) is 10.1. The number of aliphatic hydroxyl groups is 1. The van der Waals surface area contributed by atoms with E-state index < -0.39 is 6.10 Å². The average Bonchev–Trinajstić information content (AvgIpc) is 3.06. The van der Waals surface area contributed by atoms with E-state index in [4.69, 9.17) is 4.52 Å². The lowest BCUT2D eigenvalue weighted by Gasteiger charge is -2.14. The number of amides is 1. The zero-order chi connectivity index (χ0) is 14.8. The maximum absolute atomic E-state index is 12.3. The molecule has 3 heterocycles. The van der Waals surface area contributed by atoms with Gasteiger partial charge in [0.05, 0.1) is 18.0 Å². The van der Waals surface area contributed by atoms with Crippen molar-refractivity contribution in [2.75, 3.05) is 13.1 Å². The van der Waals surface area contributed by atoms with Crippen molar-refractivity contribution in [1.29, 1.82) is 0 Å². The van der Waals surface area contributed by atoms with E-state index in [0.717, 1.165) is 11.5 Å². The first-order valence-electron chi connectivity index (χ1n) is 6.79. The van der Waals surface area contributed by atoms with Crippen molar-refractivity contribution in [1.82, 2.24) is 20.0 Å². The topological polar surface area (TPSA) is 92.4 Å². The Morgan fingerprint density at radius 1 is 1.48 bits per heavy atom. The van der Waals surface area contributed by atoms with Crippen LogP contribution in [0.4, 0.5) is 0 Å². The van der Waals surface area contributed by atoms with Crippen molar-refractivity contribution in [3.63, 3.8) is 0 Å². The summed E-state index contributed by atoms with van der Waals surface area (Å²) < 4.78 is 5.17. The molecular weight excluding hydrogens is 272 g/mol. The van der Waals surface area contributed by atoms with Crippen LogP contribution in [-0.2, 0) is 6.42 Å². The number of carbonyl (C=O) groups is 1. The summed E-state index contributed by atoms with van der Waals surface area (Å²) in [6, 6.07) is 1.85. The van der Waals surface area contributed by atoms with Crippen molar-refractivity contribution in [3.05, 3.63) is 41.8 Å². The van der Waals surface area contributed by atoms with E-state index in [1.807, 2.05) is 13.0 Å². The standard InChI is InChI=1S/C14H16N4O3/c1-9-4-11(21-17-9)5-10-7-18(8-13(10)19)14(20)12-6-15-2-3-16-12/h2-4,6,10,13,19H,5,7-8H2,1H3/t10-,13+/m1/s1. The summed E-state index contributed by atoms with van der Waals surface area (Å²) in [6.45, 7) is 2.62. The van der Waals surface area contributed by atoms with E-state index in [0.29, 0.717) is 25.2 Å². The second kappa shape index (κ2) is 5.61. The van der Waals surface area contributed by atoms with Crippen LogP contribution in [0, 0.1) is 12.8 Å². The van der Waals surface area contributed by atoms with Gasteiger partial charge in [0.25, 0.3) is 5.91 Å². The molecular formula is C14H16N4O3. The molecule has 1 aliphatic rings. The Morgan fingerprint density at radius 2 is 2.33 bits per heavy atom. The summed E-state index contributed by atoms with van der Waals surface area (Å²) in [7, 11) is 0. The molecule has 2 aromatic heterocycles. The summed E-state index contributed by atoms with van der Waals surface area (Å²) in [4.78, 5) is 21.8. The van der Waals surface area contributed by atoms with Gasteiger partial charge in [0.15, 0.2) is 0 Å². The van der Waals surface area contributed by atoms with E-state index in [1.54, 1.807) is 4.90 Å². The number of likely N-dealkylation sites (tertiary alicyclic amines) is 1. The molecule has 7 heteroatoms. The number of aryl methyl sites for hydroxylation is 1.